The van der Waals surface area contributed by atoms with Gasteiger partial charge in [-0.25, -0.2) is 0 Å². The second-order valence-electron chi connectivity index (χ2n) is 7.95. The van der Waals surface area contributed by atoms with Crippen LogP contribution in [0.3, 0.4) is 0 Å². The summed E-state index contributed by atoms with van der Waals surface area (Å²) in [5.74, 6) is -2.97. The van der Waals surface area contributed by atoms with Crippen LogP contribution in [-0.2, 0) is 14.3 Å². The molecule has 3 aliphatic rings. The van der Waals surface area contributed by atoms with Gasteiger partial charge in [-0.1, -0.05) is 62.4 Å². The molecule has 3 aliphatic carbocycles. The zero-order valence-electron chi connectivity index (χ0n) is 15.6. The zero-order chi connectivity index (χ0) is 19.1. The molecule has 0 radical (unpaired) electrons. The van der Waals surface area contributed by atoms with Crippen molar-refractivity contribution in [2.75, 3.05) is 6.61 Å². The quantitative estimate of drug-likeness (QED) is 0.808. The molecule has 0 saturated heterocycles. The van der Waals surface area contributed by atoms with Crippen LogP contribution in [0.15, 0.2) is 48.5 Å². The molecule has 0 heterocycles. The SMILES string of the molecule is CC(C)CCOC(=O)C1C2c3ccccc3C(c3ccccc32)C1C(=O)O. The molecule has 2 aromatic carbocycles. The molecular weight excluding hydrogens is 340 g/mol. The summed E-state index contributed by atoms with van der Waals surface area (Å²) >= 11 is 0. The molecule has 2 aromatic rings. The van der Waals surface area contributed by atoms with Crippen molar-refractivity contribution >= 4 is 11.9 Å². The van der Waals surface area contributed by atoms with Gasteiger partial charge in [0.05, 0.1) is 18.4 Å². The van der Waals surface area contributed by atoms with E-state index in [4.69, 9.17) is 4.74 Å². The molecule has 2 unspecified atom stereocenters. The minimum absolute atomic E-state index is 0.268. The Hall–Kier alpha value is -2.62. The highest BCUT2D eigenvalue weighted by Crippen LogP contribution is 2.58. The van der Waals surface area contributed by atoms with Crippen molar-refractivity contribution in [3.63, 3.8) is 0 Å². The topological polar surface area (TPSA) is 63.6 Å². The third-order valence-corrected chi connectivity index (χ3v) is 5.93. The Balaban J connectivity index is 1.80. The number of benzene rings is 2. The average molecular weight is 364 g/mol. The van der Waals surface area contributed by atoms with Crippen LogP contribution in [0.5, 0.6) is 0 Å². The molecule has 0 saturated carbocycles. The van der Waals surface area contributed by atoms with Crippen LogP contribution in [0.2, 0.25) is 0 Å². The summed E-state index contributed by atoms with van der Waals surface area (Å²) in [6.07, 6.45) is 0.775. The number of hydrogen-bond acceptors (Lipinski definition) is 3. The second-order valence-corrected chi connectivity index (χ2v) is 7.95. The molecule has 27 heavy (non-hydrogen) atoms. The van der Waals surface area contributed by atoms with E-state index in [0.717, 1.165) is 28.7 Å². The van der Waals surface area contributed by atoms with Crippen LogP contribution in [-0.4, -0.2) is 23.7 Å². The first-order valence-electron chi connectivity index (χ1n) is 9.57. The van der Waals surface area contributed by atoms with Gasteiger partial charge in [-0.2, -0.15) is 0 Å². The molecule has 0 aliphatic heterocycles. The number of hydrogen-bond donors (Lipinski definition) is 1. The summed E-state index contributed by atoms with van der Waals surface area (Å²) in [6.45, 7) is 4.48. The van der Waals surface area contributed by atoms with Crippen molar-refractivity contribution in [2.45, 2.75) is 32.1 Å². The molecule has 4 nitrogen and oxygen atoms in total. The van der Waals surface area contributed by atoms with Crippen molar-refractivity contribution < 1.29 is 19.4 Å². The number of rotatable bonds is 5. The number of aliphatic carboxylic acids is 1. The maximum Gasteiger partial charge on any atom is 0.310 e. The maximum atomic E-state index is 13.0. The molecule has 4 heteroatoms. The van der Waals surface area contributed by atoms with Crippen LogP contribution in [0.4, 0.5) is 0 Å². The van der Waals surface area contributed by atoms with Crippen LogP contribution in [0.1, 0.15) is 54.4 Å². The molecule has 0 aromatic heterocycles. The Kier molecular flexibility index (Phi) is 4.50. The van der Waals surface area contributed by atoms with E-state index < -0.39 is 17.8 Å². The maximum absolute atomic E-state index is 13.0. The lowest BCUT2D eigenvalue weighted by molar-refractivity contribution is -0.160. The zero-order valence-corrected chi connectivity index (χ0v) is 15.6. The van der Waals surface area contributed by atoms with Crippen LogP contribution >= 0.6 is 0 Å². The number of carboxylic acid groups (broad SMARTS) is 1. The van der Waals surface area contributed by atoms with E-state index in [-0.39, 0.29) is 17.8 Å². The summed E-state index contributed by atoms with van der Waals surface area (Å²) in [4.78, 5) is 25.3. The Morgan fingerprint density at radius 1 is 0.889 bits per heavy atom. The van der Waals surface area contributed by atoms with Gasteiger partial charge >= 0.3 is 11.9 Å². The fourth-order valence-electron chi connectivity index (χ4n) is 4.75. The van der Waals surface area contributed by atoms with Crippen molar-refractivity contribution in [3.05, 3.63) is 70.8 Å². The number of carboxylic acids is 1. The van der Waals surface area contributed by atoms with Crippen molar-refractivity contribution in [2.24, 2.45) is 17.8 Å². The fraction of sp³-hybridized carbons (Fsp3) is 0.391. The summed E-state index contributed by atoms with van der Waals surface area (Å²) in [5, 5.41) is 10.0. The normalized spacial score (nSPS) is 25.0. The number of fused-ring (bicyclic) bond motifs is 1. The summed E-state index contributed by atoms with van der Waals surface area (Å²) in [7, 11) is 0. The molecule has 140 valence electrons. The van der Waals surface area contributed by atoms with Gasteiger partial charge in [0.2, 0.25) is 0 Å². The lowest BCUT2D eigenvalue weighted by Gasteiger charge is -2.47. The highest BCUT2D eigenvalue weighted by atomic mass is 16.5. The van der Waals surface area contributed by atoms with Gasteiger partial charge in [-0.15, -0.1) is 0 Å². The lowest BCUT2D eigenvalue weighted by atomic mass is 9.54. The van der Waals surface area contributed by atoms with Crippen LogP contribution in [0, 0.1) is 17.8 Å². The first-order chi connectivity index (χ1) is 13.0. The highest BCUT2D eigenvalue weighted by Gasteiger charge is 2.55. The summed E-state index contributed by atoms with van der Waals surface area (Å²) < 4.78 is 5.55. The number of ether oxygens (including phenoxy) is 1. The first-order valence-corrected chi connectivity index (χ1v) is 9.57. The molecular formula is C23H24O4. The molecule has 0 fully saturated rings. The van der Waals surface area contributed by atoms with E-state index in [0.29, 0.717) is 12.5 Å². The molecule has 1 N–H and O–H groups in total. The monoisotopic (exact) mass is 364 g/mol. The fourth-order valence-corrected chi connectivity index (χ4v) is 4.75. The predicted molar refractivity (Wildman–Crippen MR) is 102 cm³/mol. The van der Waals surface area contributed by atoms with E-state index >= 15 is 0 Å². The predicted octanol–water partition coefficient (Wildman–Crippen LogP) is 4.18. The number of carbonyl (C=O) groups is 2. The van der Waals surface area contributed by atoms with Gasteiger partial charge in [0.15, 0.2) is 0 Å². The average Bonchev–Trinajstić information content (AvgIpc) is 2.66. The molecule has 2 atom stereocenters. The van der Waals surface area contributed by atoms with Crippen molar-refractivity contribution in [3.8, 4) is 0 Å². The third-order valence-electron chi connectivity index (χ3n) is 5.93. The first kappa shape index (κ1) is 17.8. The minimum Gasteiger partial charge on any atom is -0.481 e. The number of esters is 1. The summed E-state index contributed by atoms with van der Waals surface area (Å²) in [5.41, 5.74) is 4.17. The minimum atomic E-state index is -0.931. The van der Waals surface area contributed by atoms with Gasteiger partial charge in [-0.3, -0.25) is 9.59 Å². The van der Waals surface area contributed by atoms with E-state index in [1.54, 1.807) is 0 Å². The molecule has 2 bridgehead atoms. The second kappa shape index (κ2) is 6.84. The lowest BCUT2D eigenvalue weighted by Crippen LogP contribution is -2.47. The highest BCUT2D eigenvalue weighted by molar-refractivity contribution is 5.87. The summed E-state index contributed by atoms with van der Waals surface area (Å²) in [6, 6.07) is 15.8. The van der Waals surface area contributed by atoms with Crippen molar-refractivity contribution in [1.29, 1.82) is 0 Å². The Labute approximate surface area is 159 Å². The Morgan fingerprint density at radius 2 is 1.33 bits per heavy atom. The van der Waals surface area contributed by atoms with Gasteiger partial charge < -0.3 is 9.84 Å². The largest absolute Gasteiger partial charge is 0.481 e. The van der Waals surface area contributed by atoms with Gasteiger partial charge in [-0.05, 0) is 34.6 Å². The molecule has 5 rings (SSSR count). The van der Waals surface area contributed by atoms with E-state index in [9.17, 15) is 14.7 Å². The standard InChI is InChI=1S/C23H24O4/c1-13(2)11-12-27-23(26)21-19-16-9-5-3-7-14(16)18(20(21)22(24)25)15-8-4-6-10-17(15)19/h3-10,13,18-21H,11-12H2,1-2H3,(H,24,25). The van der Waals surface area contributed by atoms with E-state index in [1.807, 2.05) is 48.5 Å². The van der Waals surface area contributed by atoms with Crippen LogP contribution < -0.4 is 0 Å². The van der Waals surface area contributed by atoms with E-state index in [2.05, 4.69) is 13.8 Å². The molecule has 0 amide bonds. The number of carbonyl (C=O) groups excluding carboxylic acids is 1. The Bertz CT molecular complexity index is 838. The van der Waals surface area contributed by atoms with Gasteiger partial charge in [0, 0.05) is 11.8 Å². The van der Waals surface area contributed by atoms with Crippen LogP contribution in [0.25, 0.3) is 0 Å². The van der Waals surface area contributed by atoms with Crippen molar-refractivity contribution in [1.82, 2.24) is 0 Å². The van der Waals surface area contributed by atoms with E-state index in [1.165, 1.54) is 0 Å². The third kappa shape index (κ3) is 2.84. The Morgan fingerprint density at radius 3 is 1.74 bits per heavy atom. The van der Waals surface area contributed by atoms with Gasteiger partial charge in [0.1, 0.15) is 0 Å². The van der Waals surface area contributed by atoms with Gasteiger partial charge in [0.25, 0.3) is 0 Å². The molecule has 0 spiro atoms. The smallest absolute Gasteiger partial charge is 0.310 e.